The van der Waals surface area contributed by atoms with Crippen molar-refractivity contribution in [2.45, 2.75) is 43.8 Å². The number of ether oxygens (including phenoxy) is 1. The van der Waals surface area contributed by atoms with Gasteiger partial charge >= 0.3 is 0 Å². The molecule has 0 spiro atoms. The minimum absolute atomic E-state index is 0.0701. The Morgan fingerprint density at radius 1 is 1.30 bits per heavy atom. The maximum atomic E-state index is 12.8. The van der Waals surface area contributed by atoms with E-state index in [4.69, 9.17) is 27.9 Å². The number of anilines is 1. The van der Waals surface area contributed by atoms with Crippen LogP contribution < -0.4 is 15.0 Å². The third-order valence-electron chi connectivity index (χ3n) is 6.09. The van der Waals surface area contributed by atoms with Gasteiger partial charge in [-0.3, -0.25) is 4.79 Å². The van der Waals surface area contributed by atoms with Gasteiger partial charge in [0.25, 0.3) is 0 Å². The van der Waals surface area contributed by atoms with Crippen LogP contribution in [0.25, 0.3) is 0 Å². The van der Waals surface area contributed by atoms with Crippen LogP contribution in [0, 0.1) is 17.4 Å². The predicted molar refractivity (Wildman–Crippen MR) is 104 cm³/mol. The Labute approximate surface area is 169 Å². The van der Waals surface area contributed by atoms with Crippen LogP contribution in [0.2, 0.25) is 10.0 Å². The molecule has 1 amide bonds. The Morgan fingerprint density at radius 3 is 2.67 bits per heavy atom. The van der Waals surface area contributed by atoms with Gasteiger partial charge in [-0.05, 0) is 37.8 Å². The van der Waals surface area contributed by atoms with E-state index in [2.05, 4.69) is 16.4 Å². The molecule has 3 fully saturated rings. The first-order chi connectivity index (χ1) is 13.0. The number of rotatable bonds is 4. The Balaban J connectivity index is 1.39. The molecule has 2 bridgehead atoms. The summed E-state index contributed by atoms with van der Waals surface area (Å²) in [5, 5.41) is 13.4. The van der Waals surface area contributed by atoms with Gasteiger partial charge in [-0.2, -0.15) is 5.26 Å². The summed E-state index contributed by atoms with van der Waals surface area (Å²) in [6, 6.07) is 4.21. The average molecular weight is 409 g/mol. The highest BCUT2D eigenvalue weighted by molar-refractivity contribution is 6.37. The first-order valence-electron chi connectivity index (χ1n) is 9.28. The van der Waals surface area contributed by atoms with Crippen molar-refractivity contribution in [1.29, 1.82) is 5.26 Å². The summed E-state index contributed by atoms with van der Waals surface area (Å²) in [7, 11) is 1.53. The summed E-state index contributed by atoms with van der Waals surface area (Å²) in [4.78, 5) is 16.8. The third kappa shape index (κ3) is 3.28. The number of hydrogen-bond acceptors (Lipinski definition) is 5. The molecule has 144 valence electrons. The number of methoxy groups -OCH3 is 1. The van der Waals surface area contributed by atoms with Crippen LogP contribution in [0.4, 0.5) is 5.69 Å². The number of benzene rings is 1. The molecule has 1 aromatic carbocycles. The van der Waals surface area contributed by atoms with Crippen molar-refractivity contribution < 1.29 is 9.53 Å². The van der Waals surface area contributed by atoms with Crippen LogP contribution in [-0.4, -0.2) is 49.1 Å². The monoisotopic (exact) mass is 408 g/mol. The second-order valence-corrected chi connectivity index (χ2v) is 8.35. The third-order valence-corrected chi connectivity index (χ3v) is 6.65. The average Bonchev–Trinajstić information content (AvgIpc) is 3.35. The molecular weight excluding hydrogens is 387 g/mol. The molecule has 0 aromatic heterocycles. The van der Waals surface area contributed by atoms with Gasteiger partial charge in [0, 0.05) is 24.8 Å². The number of nitriles is 1. The van der Waals surface area contributed by atoms with E-state index in [1.54, 1.807) is 0 Å². The Kier molecular flexibility index (Phi) is 5.00. The van der Waals surface area contributed by atoms with Crippen LogP contribution in [-0.2, 0) is 4.79 Å². The lowest BCUT2D eigenvalue weighted by atomic mass is 9.95. The van der Waals surface area contributed by atoms with Crippen LogP contribution in [0.1, 0.15) is 25.7 Å². The molecule has 0 saturated carbocycles. The second kappa shape index (κ2) is 7.29. The normalized spacial score (nSPS) is 29.1. The number of carbonyl (C=O) groups excluding carboxylic acids is 1. The van der Waals surface area contributed by atoms with E-state index in [1.165, 1.54) is 7.11 Å². The Hall–Kier alpha value is -1.84. The molecule has 3 heterocycles. The molecular formula is C19H22Cl2N4O2. The molecule has 4 atom stereocenters. The molecule has 6 nitrogen and oxygen atoms in total. The Morgan fingerprint density at radius 2 is 2.04 bits per heavy atom. The first kappa shape index (κ1) is 18.5. The molecule has 8 heteroatoms. The summed E-state index contributed by atoms with van der Waals surface area (Å²) < 4.78 is 5.20. The highest BCUT2D eigenvalue weighted by Crippen LogP contribution is 2.39. The van der Waals surface area contributed by atoms with E-state index in [1.807, 2.05) is 17.0 Å². The van der Waals surface area contributed by atoms with Crippen LogP contribution in [0.5, 0.6) is 5.75 Å². The number of hydrogen-bond donors (Lipinski definition) is 1. The van der Waals surface area contributed by atoms with Crippen molar-refractivity contribution in [1.82, 2.24) is 10.2 Å². The lowest BCUT2D eigenvalue weighted by molar-refractivity contribution is -0.125. The minimum atomic E-state index is -0.0701. The zero-order valence-electron chi connectivity index (χ0n) is 15.1. The van der Waals surface area contributed by atoms with Crippen LogP contribution >= 0.6 is 23.2 Å². The largest absolute Gasteiger partial charge is 0.494 e. The maximum absolute atomic E-state index is 12.8. The number of halogens is 2. The molecule has 3 aliphatic rings. The fraction of sp³-hybridized carbons (Fsp3) is 0.579. The summed E-state index contributed by atoms with van der Waals surface area (Å²) in [6.45, 7) is 1.41. The molecule has 0 unspecified atom stereocenters. The summed E-state index contributed by atoms with van der Waals surface area (Å²) in [5.41, 5.74) is 0.900. The molecule has 1 N–H and O–H groups in total. The van der Waals surface area contributed by atoms with E-state index in [0.717, 1.165) is 37.9 Å². The second-order valence-electron chi connectivity index (χ2n) is 7.53. The number of fused-ring (bicyclic) bond motifs is 2. The van der Waals surface area contributed by atoms with Crippen molar-refractivity contribution in [3.05, 3.63) is 22.2 Å². The zero-order valence-corrected chi connectivity index (χ0v) is 16.6. The van der Waals surface area contributed by atoms with E-state index in [-0.39, 0.29) is 23.9 Å². The highest BCUT2D eigenvalue weighted by atomic mass is 35.5. The van der Waals surface area contributed by atoms with Gasteiger partial charge in [0.2, 0.25) is 5.91 Å². The van der Waals surface area contributed by atoms with Gasteiger partial charge in [-0.1, -0.05) is 23.2 Å². The summed E-state index contributed by atoms with van der Waals surface area (Å²) in [6.07, 6.45) is 6.00. The fourth-order valence-electron chi connectivity index (χ4n) is 4.73. The van der Waals surface area contributed by atoms with E-state index in [9.17, 15) is 10.1 Å². The maximum Gasteiger partial charge on any atom is 0.225 e. The smallest absolute Gasteiger partial charge is 0.225 e. The van der Waals surface area contributed by atoms with Gasteiger partial charge in [0.1, 0.15) is 0 Å². The van der Waals surface area contributed by atoms with Gasteiger partial charge in [0.15, 0.2) is 11.9 Å². The van der Waals surface area contributed by atoms with Crippen LogP contribution in [0.3, 0.4) is 0 Å². The van der Waals surface area contributed by atoms with Gasteiger partial charge in [-0.25, -0.2) is 0 Å². The molecule has 0 aliphatic carbocycles. The topological polar surface area (TPSA) is 68.6 Å². The molecule has 1 aromatic rings. The van der Waals surface area contributed by atoms with Gasteiger partial charge in [-0.15, -0.1) is 0 Å². The van der Waals surface area contributed by atoms with Crippen molar-refractivity contribution in [3.8, 4) is 11.9 Å². The number of amides is 1. The van der Waals surface area contributed by atoms with Crippen molar-refractivity contribution in [2.75, 3.05) is 25.1 Å². The predicted octanol–water partition coefficient (Wildman–Crippen LogP) is 3.03. The van der Waals surface area contributed by atoms with E-state index < -0.39 is 0 Å². The lowest BCUT2D eigenvalue weighted by Gasteiger charge is -2.24. The SMILES string of the molecule is COc1c(Cl)cc(N2CC[C@H](C(=O)N[C@@H]3C[C@@H]4CC[C@H]3N4C#N)C2)cc1Cl. The molecule has 0 radical (unpaired) electrons. The van der Waals surface area contributed by atoms with Crippen molar-refractivity contribution in [2.24, 2.45) is 5.92 Å². The standard InChI is InChI=1S/C19H22Cl2N4O2/c1-27-18-14(20)6-13(7-15(18)21)24-5-4-11(9-24)19(26)23-16-8-12-2-3-17(16)25(12)10-22/h6-7,11-12,16-17H,2-5,8-9H2,1H3,(H,23,26)/t11-,12-,16+,17+/m0/s1. The zero-order chi connectivity index (χ0) is 19.1. The van der Waals surface area contributed by atoms with Crippen molar-refractivity contribution in [3.63, 3.8) is 0 Å². The fourth-order valence-corrected chi connectivity index (χ4v) is 5.36. The summed E-state index contributed by atoms with van der Waals surface area (Å²) >= 11 is 12.5. The summed E-state index contributed by atoms with van der Waals surface area (Å²) in [5.74, 6) is 0.479. The highest BCUT2D eigenvalue weighted by Gasteiger charge is 2.47. The number of carbonyl (C=O) groups is 1. The van der Waals surface area contributed by atoms with Crippen molar-refractivity contribution >= 4 is 34.8 Å². The van der Waals surface area contributed by atoms with Gasteiger partial charge < -0.3 is 19.9 Å². The quantitative estimate of drug-likeness (QED) is 0.775. The van der Waals surface area contributed by atoms with Crippen LogP contribution in [0.15, 0.2) is 12.1 Å². The lowest BCUT2D eigenvalue weighted by Crippen LogP contribution is -2.46. The number of nitrogens with one attached hydrogen (secondary N) is 1. The Bertz CT molecular complexity index is 773. The van der Waals surface area contributed by atoms with E-state index >= 15 is 0 Å². The van der Waals surface area contributed by atoms with E-state index in [0.29, 0.717) is 28.4 Å². The molecule has 27 heavy (non-hydrogen) atoms. The molecule has 4 rings (SSSR count). The number of nitrogens with zero attached hydrogens (tertiary/aromatic N) is 3. The minimum Gasteiger partial charge on any atom is -0.494 e. The molecule has 3 aliphatic heterocycles. The van der Waals surface area contributed by atoms with Gasteiger partial charge in [0.05, 0.1) is 35.2 Å². The molecule has 3 saturated heterocycles. The first-order valence-corrected chi connectivity index (χ1v) is 10.0.